The van der Waals surface area contributed by atoms with Gasteiger partial charge in [0.05, 0.1) is 13.2 Å². The highest BCUT2D eigenvalue weighted by Gasteiger charge is 2.47. The molecule has 0 N–H and O–H groups in total. The lowest BCUT2D eigenvalue weighted by Gasteiger charge is -2.32. The Kier molecular flexibility index (Phi) is 5.50. The molecular formula is C20H26N2O4S2. The molecule has 0 radical (unpaired) electrons. The smallest absolute Gasteiger partial charge is 0.246 e. The van der Waals surface area contributed by atoms with E-state index >= 15 is 0 Å². The molecule has 1 atom stereocenters. The number of fused-ring (bicyclic) bond motifs is 1. The second-order valence-electron chi connectivity index (χ2n) is 7.54. The zero-order valence-corrected chi connectivity index (χ0v) is 17.9. The van der Waals surface area contributed by atoms with Crippen LogP contribution >= 0.6 is 11.3 Å². The van der Waals surface area contributed by atoms with E-state index in [0.717, 1.165) is 19.5 Å². The summed E-state index contributed by atoms with van der Waals surface area (Å²) in [6.45, 7) is 5.60. The first-order valence-corrected chi connectivity index (χ1v) is 11.7. The van der Waals surface area contributed by atoms with E-state index < -0.39 is 15.6 Å². The molecule has 1 aromatic carbocycles. The first kappa shape index (κ1) is 19.8. The topological polar surface area (TPSA) is 59.1 Å². The van der Waals surface area contributed by atoms with Gasteiger partial charge in [0.2, 0.25) is 10.0 Å². The number of para-hydroxylation sites is 1. The average molecular weight is 423 g/mol. The maximum absolute atomic E-state index is 13.2. The number of ether oxygens (including phenoxy) is 2. The Morgan fingerprint density at radius 2 is 2.04 bits per heavy atom. The van der Waals surface area contributed by atoms with Crippen LogP contribution in [0.5, 0.6) is 5.75 Å². The lowest BCUT2D eigenvalue weighted by molar-refractivity contribution is 0.0534. The van der Waals surface area contributed by atoms with Crippen molar-refractivity contribution in [3.05, 3.63) is 46.2 Å². The number of methoxy groups -OCH3 is 1. The van der Waals surface area contributed by atoms with E-state index in [4.69, 9.17) is 9.47 Å². The highest BCUT2D eigenvalue weighted by atomic mass is 32.2. The van der Waals surface area contributed by atoms with Gasteiger partial charge >= 0.3 is 0 Å². The van der Waals surface area contributed by atoms with Gasteiger partial charge in [0.15, 0.2) is 0 Å². The fourth-order valence-corrected chi connectivity index (χ4v) is 6.56. The molecule has 6 nitrogen and oxygen atoms in total. The van der Waals surface area contributed by atoms with Crippen molar-refractivity contribution in [1.82, 2.24) is 9.21 Å². The van der Waals surface area contributed by atoms with Gasteiger partial charge in [-0.15, -0.1) is 11.3 Å². The van der Waals surface area contributed by atoms with Crippen LogP contribution < -0.4 is 4.74 Å². The Bertz CT molecular complexity index is 943. The maximum Gasteiger partial charge on any atom is 0.246 e. The Morgan fingerprint density at radius 3 is 2.79 bits per heavy atom. The second-order valence-corrected chi connectivity index (χ2v) is 10.8. The van der Waals surface area contributed by atoms with Crippen LogP contribution in [0.3, 0.4) is 0 Å². The minimum Gasteiger partial charge on any atom is -0.483 e. The SMILES string of the molecule is COCCN1C[C@@]2(CCN(Cc3ccc(C)s3)C2)Oc2ccccc2S1(=O)=O. The van der Waals surface area contributed by atoms with Crippen LogP contribution in [0.4, 0.5) is 0 Å². The zero-order chi connectivity index (χ0) is 19.8. The third-order valence-corrected chi connectivity index (χ3v) is 8.24. The van der Waals surface area contributed by atoms with Gasteiger partial charge in [0.1, 0.15) is 16.2 Å². The van der Waals surface area contributed by atoms with Gasteiger partial charge in [-0.3, -0.25) is 4.90 Å². The molecule has 3 heterocycles. The van der Waals surface area contributed by atoms with Crippen molar-refractivity contribution < 1.29 is 17.9 Å². The normalized spacial score (nSPS) is 24.8. The van der Waals surface area contributed by atoms with E-state index in [1.54, 1.807) is 25.3 Å². The molecule has 2 aliphatic heterocycles. The van der Waals surface area contributed by atoms with Crippen molar-refractivity contribution in [3.8, 4) is 5.75 Å². The predicted octanol–water partition coefficient (Wildman–Crippen LogP) is 2.73. The van der Waals surface area contributed by atoms with Gasteiger partial charge in [0, 0.05) is 49.5 Å². The van der Waals surface area contributed by atoms with Crippen LogP contribution in [0.2, 0.25) is 0 Å². The summed E-state index contributed by atoms with van der Waals surface area (Å²) in [4.78, 5) is 5.24. The van der Waals surface area contributed by atoms with E-state index in [9.17, 15) is 8.42 Å². The number of likely N-dealkylation sites (tertiary alicyclic amines) is 1. The van der Waals surface area contributed by atoms with Crippen molar-refractivity contribution in [1.29, 1.82) is 0 Å². The van der Waals surface area contributed by atoms with E-state index in [2.05, 4.69) is 24.0 Å². The van der Waals surface area contributed by atoms with Crippen LogP contribution in [-0.4, -0.2) is 63.1 Å². The number of rotatable bonds is 5. The van der Waals surface area contributed by atoms with Gasteiger partial charge in [-0.05, 0) is 31.2 Å². The highest BCUT2D eigenvalue weighted by molar-refractivity contribution is 7.89. The molecule has 4 rings (SSSR count). The zero-order valence-electron chi connectivity index (χ0n) is 16.3. The minimum atomic E-state index is -3.62. The summed E-state index contributed by atoms with van der Waals surface area (Å²) < 4.78 is 39.6. The molecule has 28 heavy (non-hydrogen) atoms. The Balaban J connectivity index is 1.62. The number of hydrogen-bond acceptors (Lipinski definition) is 6. The first-order chi connectivity index (χ1) is 13.4. The Labute approximate surface area is 170 Å². The lowest BCUT2D eigenvalue weighted by Crippen LogP contribution is -2.49. The van der Waals surface area contributed by atoms with Crippen molar-refractivity contribution in [2.24, 2.45) is 0 Å². The fourth-order valence-electron chi connectivity index (χ4n) is 4.02. The molecule has 0 aliphatic carbocycles. The molecule has 0 bridgehead atoms. The van der Waals surface area contributed by atoms with E-state index in [-0.39, 0.29) is 4.90 Å². The van der Waals surface area contributed by atoms with Crippen LogP contribution in [0.1, 0.15) is 16.2 Å². The molecule has 8 heteroatoms. The van der Waals surface area contributed by atoms with Crippen LogP contribution in [0.15, 0.2) is 41.3 Å². The lowest BCUT2D eigenvalue weighted by atomic mass is 10.0. The highest BCUT2D eigenvalue weighted by Crippen LogP contribution is 2.38. The standard InChI is InChI=1S/C20H26N2O4S2/c1-16-7-8-17(27-16)13-21-10-9-20(14-21)15-22(11-12-25-2)28(23,24)19-6-4-3-5-18(19)26-20/h3-8H,9-15H2,1-2H3/t20-/m0/s1. The van der Waals surface area contributed by atoms with Crippen molar-refractivity contribution in [3.63, 3.8) is 0 Å². The number of sulfonamides is 1. The molecule has 0 unspecified atom stereocenters. The van der Waals surface area contributed by atoms with Crippen molar-refractivity contribution in [2.45, 2.75) is 30.4 Å². The van der Waals surface area contributed by atoms with Gasteiger partial charge < -0.3 is 9.47 Å². The molecule has 0 saturated carbocycles. The van der Waals surface area contributed by atoms with Gasteiger partial charge in [-0.2, -0.15) is 4.31 Å². The Hall–Kier alpha value is -1.45. The first-order valence-electron chi connectivity index (χ1n) is 9.47. The number of aryl methyl sites for hydroxylation is 1. The summed E-state index contributed by atoms with van der Waals surface area (Å²) in [5, 5.41) is 0. The van der Waals surface area contributed by atoms with Crippen LogP contribution in [-0.2, 0) is 21.3 Å². The molecule has 2 aromatic rings. The number of thiophene rings is 1. The molecule has 152 valence electrons. The molecule has 0 amide bonds. The molecule has 1 spiro atoms. The van der Waals surface area contributed by atoms with Crippen molar-refractivity contribution in [2.75, 3.05) is 39.9 Å². The molecule has 1 fully saturated rings. The number of nitrogens with zero attached hydrogens (tertiary/aromatic N) is 2. The quantitative estimate of drug-likeness (QED) is 0.742. The maximum atomic E-state index is 13.2. The van der Waals surface area contributed by atoms with Gasteiger partial charge in [0.25, 0.3) is 0 Å². The van der Waals surface area contributed by atoms with Gasteiger partial charge in [-0.1, -0.05) is 12.1 Å². The van der Waals surface area contributed by atoms with Gasteiger partial charge in [-0.25, -0.2) is 8.42 Å². The van der Waals surface area contributed by atoms with E-state index in [1.807, 2.05) is 17.4 Å². The number of benzene rings is 1. The molecule has 2 aliphatic rings. The van der Waals surface area contributed by atoms with Crippen molar-refractivity contribution >= 4 is 21.4 Å². The monoisotopic (exact) mass is 422 g/mol. The minimum absolute atomic E-state index is 0.246. The third-order valence-electron chi connectivity index (χ3n) is 5.37. The summed E-state index contributed by atoms with van der Waals surface area (Å²) >= 11 is 1.81. The largest absolute Gasteiger partial charge is 0.483 e. The predicted molar refractivity (Wildman–Crippen MR) is 109 cm³/mol. The average Bonchev–Trinajstić information content (AvgIpc) is 3.23. The molecule has 1 saturated heterocycles. The fraction of sp³-hybridized carbons (Fsp3) is 0.500. The summed E-state index contributed by atoms with van der Waals surface area (Å²) in [5.74, 6) is 0.455. The Morgan fingerprint density at radius 1 is 1.21 bits per heavy atom. The summed E-state index contributed by atoms with van der Waals surface area (Å²) in [5.41, 5.74) is -0.542. The van der Waals surface area contributed by atoms with Crippen LogP contribution in [0, 0.1) is 6.92 Å². The third kappa shape index (κ3) is 3.84. The number of hydrogen-bond donors (Lipinski definition) is 0. The second kappa shape index (κ2) is 7.76. The summed E-state index contributed by atoms with van der Waals surface area (Å²) in [7, 11) is -2.03. The van der Waals surface area contributed by atoms with E-state index in [0.29, 0.717) is 32.0 Å². The van der Waals surface area contributed by atoms with E-state index in [1.165, 1.54) is 14.1 Å². The van der Waals surface area contributed by atoms with Crippen LogP contribution in [0.25, 0.3) is 0 Å². The molecular weight excluding hydrogens is 396 g/mol. The summed E-state index contributed by atoms with van der Waals surface area (Å²) in [6.07, 6.45) is 0.796. The summed E-state index contributed by atoms with van der Waals surface area (Å²) in [6, 6.07) is 11.3. The molecule has 1 aromatic heterocycles.